The van der Waals surface area contributed by atoms with Crippen LogP contribution in [0.3, 0.4) is 0 Å². The van der Waals surface area contributed by atoms with Crippen LogP contribution in [0.1, 0.15) is 61.3 Å². The van der Waals surface area contributed by atoms with Crippen molar-refractivity contribution in [1.29, 1.82) is 0 Å². The van der Waals surface area contributed by atoms with E-state index in [9.17, 15) is 18.0 Å². The molecule has 2 aliphatic rings. The number of carbonyl (C=O) groups is 1. The lowest BCUT2D eigenvalue weighted by molar-refractivity contribution is -0.137. The second kappa shape index (κ2) is 9.13. The number of alkyl halides is 3. The van der Waals surface area contributed by atoms with Crippen LogP contribution in [-0.2, 0) is 23.6 Å². The molecule has 32 heavy (non-hydrogen) atoms. The zero-order chi connectivity index (χ0) is 22.8. The highest BCUT2D eigenvalue weighted by molar-refractivity contribution is 5.75. The summed E-state index contributed by atoms with van der Waals surface area (Å²) >= 11 is 0. The van der Waals surface area contributed by atoms with Gasteiger partial charge in [0.15, 0.2) is 0 Å². The van der Waals surface area contributed by atoms with Crippen LogP contribution in [0.15, 0.2) is 36.7 Å². The number of amides is 2. The van der Waals surface area contributed by atoms with Crippen molar-refractivity contribution >= 4 is 6.03 Å². The van der Waals surface area contributed by atoms with E-state index in [0.717, 1.165) is 61.8 Å². The van der Waals surface area contributed by atoms with E-state index in [4.69, 9.17) is 4.74 Å². The second-order valence-electron chi connectivity index (χ2n) is 8.69. The Balaban J connectivity index is 1.50. The van der Waals surface area contributed by atoms with E-state index in [1.165, 1.54) is 12.1 Å². The van der Waals surface area contributed by atoms with Crippen LogP contribution in [0.25, 0.3) is 0 Å². The quantitative estimate of drug-likeness (QED) is 0.730. The molecule has 2 saturated heterocycles. The summed E-state index contributed by atoms with van der Waals surface area (Å²) in [6.45, 7) is 1.52. The van der Waals surface area contributed by atoms with Gasteiger partial charge in [0.05, 0.1) is 24.3 Å². The van der Waals surface area contributed by atoms with E-state index in [1.54, 1.807) is 15.8 Å². The largest absolute Gasteiger partial charge is 0.416 e. The highest BCUT2D eigenvalue weighted by Gasteiger charge is 2.39. The first-order valence-electron chi connectivity index (χ1n) is 11.1. The van der Waals surface area contributed by atoms with E-state index >= 15 is 0 Å². The number of hydrogen-bond donors (Lipinski definition) is 1. The summed E-state index contributed by atoms with van der Waals surface area (Å²) in [6, 6.07) is 4.72. The summed E-state index contributed by atoms with van der Waals surface area (Å²) in [7, 11) is 1.84. The molecular formula is C23H29F3N4O2. The predicted octanol–water partition coefficient (Wildman–Crippen LogP) is 4.77. The smallest absolute Gasteiger partial charge is 0.368 e. The molecule has 174 valence electrons. The van der Waals surface area contributed by atoms with Crippen LogP contribution < -0.4 is 5.32 Å². The Morgan fingerprint density at radius 3 is 2.62 bits per heavy atom. The van der Waals surface area contributed by atoms with Crippen molar-refractivity contribution in [1.82, 2.24) is 20.0 Å². The normalized spacial score (nSPS) is 24.4. The van der Waals surface area contributed by atoms with Crippen molar-refractivity contribution in [2.24, 2.45) is 7.05 Å². The summed E-state index contributed by atoms with van der Waals surface area (Å²) in [5.74, 6) is 0. The Bertz CT molecular complexity index is 920. The monoisotopic (exact) mass is 450 g/mol. The number of ether oxygens (including phenoxy) is 1. The molecule has 0 saturated carbocycles. The van der Waals surface area contributed by atoms with Gasteiger partial charge in [0.25, 0.3) is 0 Å². The highest BCUT2D eigenvalue weighted by Crippen LogP contribution is 2.36. The first-order chi connectivity index (χ1) is 15.3. The molecule has 4 rings (SSSR count). The van der Waals surface area contributed by atoms with Crippen LogP contribution in [0, 0.1) is 0 Å². The Labute approximate surface area is 185 Å². The first-order valence-corrected chi connectivity index (χ1v) is 11.1. The van der Waals surface area contributed by atoms with Crippen LogP contribution >= 0.6 is 0 Å². The van der Waals surface area contributed by atoms with Gasteiger partial charge in [-0.05, 0) is 43.4 Å². The minimum absolute atomic E-state index is 0.212. The third-order valence-corrected chi connectivity index (χ3v) is 6.50. The average molecular weight is 451 g/mol. The lowest BCUT2D eigenvalue weighted by Gasteiger charge is -2.33. The van der Waals surface area contributed by atoms with E-state index in [1.807, 2.05) is 13.2 Å². The topological polar surface area (TPSA) is 59.4 Å². The van der Waals surface area contributed by atoms with E-state index in [-0.39, 0.29) is 12.1 Å². The Morgan fingerprint density at radius 2 is 2.00 bits per heavy atom. The van der Waals surface area contributed by atoms with Crippen molar-refractivity contribution in [3.05, 3.63) is 53.3 Å². The summed E-state index contributed by atoms with van der Waals surface area (Å²) in [6.07, 6.45) is 4.52. The average Bonchev–Trinajstić information content (AvgIpc) is 3.35. The molecule has 0 spiro atoms. The van der Waals surface area contributed by atoms with Crippen molar-refractivity contribution < 1.29 is 22.7 Å². The molecule has 2 aliphatic heterocycles. The third-order valence-electron chi connectivity index (χ3n) is 6.50. The Hall–Kier alpha value is -2.55. The maximum atomic E-state index is 13.3. The summed E-state index contributed by atoms with van der Waals surface area (Å²) in [5.41, 5.74) is 0.393. The molecule has 1 aromatic carbocycles. The number of nitrogens with one attached hydrogen (secondary N) is 1. The fraction of sp³-hybridized carbons (Fsp3) is 0.565. The van der Waals surface area contributed by atoms with Crippen LogP contribution in [0.2, 0.25) is 0 Å². The minimum atomic E-state index is -4.37. The highest BCUT2D eigenvalue weighted by atomic mass is 19.4. The number of urea groups is 1. The number of halogens is 3. The summed E-state index contributed by atoms with van der Waals surface area (Å²) in [5, 5.41) is 7.30. The SMILES string of the molecule is Cn1cc(C2(CNC(=O)N3CCCCCC3c3ccc(C(F)(F)F)cc3)CCCO2)cn1. The van der Waals surface area contributed by atoms with Crippen molar-refractivity contribution in [3.63, 3.8) is 0 Å². The molecule has 0 bridgehead atoms. The fourth-order valence-corrected chi connectivity index (χ4v) is 4.74. The molecule has 9 heteroatoms. The molecule has 0 aliphatic carbocycles. The number of nitrogens with zero attached hydrogens (tertiary/aromatic N) is 3. The molecule has 6 nitrogen and oxygen atoms in total. The number of benzene rings is 1. The lowest BCUT2D eigenvalue weighted by Crippen LogP contribution is -2.47. The maximum absolute atomic E-state index is 13.3. The second-order valence-corrected chi connectivity index (χ2v) is 8.69. The number of carbonyl (C=O) groups excluding carboxylic acids is 1. The zero-order valence-corrected chi connectivity index (χ0v) is 18.2. The Kier molecular flexibility index (Phi) is 6.46. The molecule has 3 heterocycles. The van der Waals surface area contributed by atoms with E-state index < -0.39 is 17.3 Å². The van der Waals surface area contributed by atoms with Gasteiger partial charge in [-0.1, -0.05) is 25.0 Å². The number of aromatic nitrogens is 2. The van der Waals surface area contributed by atoms with Gasteiger partial charge in [-0.25, -0.2) is 4.79 Å². The van der Waals surface area contributed by atoms with Crippen LogP contribution in [-0.4, -0.2) is 40.4 Å². The number of likely N-dealkylation sites (tertiary alicyclic amines) is 1. The minimum Gasteiger partial charge on any atom is -0.368 e. The number of rotatable bonds is 4. The van der Waals surface area contributed by atoms with Gasteiger partial charge in [0.2, 0.25) is 0 Å². The summed E-state index contributed by atoms with van der Waals surface area (Å²) in [4.78, 5) is 15.0. The van der Waals surface area contributed by atoms with Crippen LogP contribution in [0.5, 0.6) is 0 Å². The molecule has 1 aromatic heterocycles. The van der Waals surface area contributed by atoms with Gasteiger partial charge in [-0.2, -0.15) is 18.3 Å². The molecule has 0 radical (unpaired) electrons. The van der Waals surface area contributed by atoms with E-state index in [2.05, 4.69) is 10.4 Å². The van der Waals surface area contributed by atoms with Crippen molar-refractivity contribution in [2.45, 2.75) is 56.3 Å². The predicted molar refractivity (Wildman–Crippen MR) is 113 cm³/mol. The van der Waals surface area contributed by atoms with Crippen molar-refractivity contribution in [3.8, 4) is 0 Å². The molecule has 2 amide bonds. The van der Waals surface area contributed by atoms with Gasteiger partial charge < -0.3 is 15.0 Å². The summed E-state index contributed by atoms with van der Waals surface area (Å²) < 4.78 is 46.7. The number of aryl methyl sites for hydroxylation is 1. The molecule has 2 atom stereocenters. The molecule has 2 fully saturated rings. The standard InChI is InChI=1S/C23H29F3N4O2/c1-29-15-19(14-28-29)22(11-5-13-32-22)16-27-21(31)30-12-4-2-3-6-20(30)17-7-9-18(10-8-17)23(24,25)26/h7-10,14-15,20H,2-6,11-13,16H2,1H3,(H,27,31). The maximum Gasteiger partial charge on any atom is 0.416 e. The van der Waals surface area contributed by atoms with Crippen LogP contribution in [0.4, 0.5) is 18.0 Å². The first kappa shape index (κ1) is 22.6. The molecule has 1 N–H and O–H groups in total. The van der Waals surface area contributed by atoms with Crippen molar-refractivity contribution in [2.75, 3.05) is 19.7 Å². The number of hydrogen-bond acceptors (Lipinski definition) is 3. The third kappa shape index (κ3) is 4.77. The van der Waals surface area contributed by atoms with Gasteiger partial charge in [-0.15, -0.1) is 0 Å². The van der Waals surface area contributed by atoms with Gasteiger partial charge in [0, 0.05) is 32.0 Å². The molecule has 2 aromatic rings. The molecule has 2 unspecified atom stereocenters. The van der Waals surface area contributed by atoms with E-state index in [0.29, 0.717) is 19.7 Å². The lowest BCUT2D eigenvalue weighted by atomic mass is 9.93. The fourth-order valence-electron chi connectivity index (χ4n) is 4.74. The molecular weight excluding hydrogens is 421 g/mol. The zero-order valence-electron chi connectivity index (χ0n) is 18.2. The van der Waals surface area contributed by atoms with Gasteiger partial charge >= 0.3 is 12.2 Å². The van der Waals surface area contributed by atoms with Gasteiger partial charge in [0.1, 0.15) is 5.60 Å². The van der Waals surface area contributed by atoms with Gasteiger partial charge in [-0.3, -0.25) is 4.68 Å². The Morgan fingerprint density at radius 1 is 1.22 bits per heavy atom.